The molecule has 0 radical (unpaired) electrons. The van der Waals surface area contributed by atoms with Crippen LogP contribution < -0.4 is 0 Å². The molecule has 1 aromatic heterocycles. The highest BCUT2D eigenvalue weighted by atomic mass is 19.4. The first kappa shape index (κ1) is 13.7. The molecule has 0 aliphatic rings. The Balaban J connectivity index is 1.88. The fourth-order valence-electron chi connectivity index (χ4n) is 2.30. The molecule has 21 heavy (non-hydrogen) atoms. The van der Waals surface area contributed by atoms with Crippen LogP contribution in [0.25, 0.3) is 10.9 Å². The fraction of sp³-hybridized carbons (Fsp3) is 0.125. The lowest BCUT2D eigenvalue weighted by Crippen LogP contribution is -2.05. The van der Waals surface area contributed by atoms with Gasteiger partial charge in [0.1, 0.15) is 5.82 Å². The molecule has 0 aliphatic heterocycles. The summed E-state index contributed by atoms with van der Waals surface area (Å²) >= 11 is 0. The van der Waals surface area contributed by atoms with Crippen molar-refractivity contribution in [2.75, 3.05) is 0 Å². The molecule has 1 nitrogen and oxygen atoms in total. The molecular weight excluding hydrogens is 282 g/mol. The molecule has 0 amide bonds. The van der Waals surface area contributed by atoms with Crippen molar-refractivity contribution in [2.24, 2.45) is 0 Å². The molecular formula is C16H11F4N. The number of benzene rings is 2. The van der Waals surface area contributed by atoms with Crippen molar-refractivity contribution in [3.05, 3.63) is 71.7 Å². The number of halogens is 4. The van der Waals surface area contributed by atoms with Gasteiger partial charge >= 0.3 is 6.18 Å². The molecule has 0 atom stereocenters. The first-order valence-corrected chi connectivity index (χ1v) is 6.34. The van der Waals surface area contributed by atoms with E-state index in [0.717, 1.165) is 28.6 Å². The van der Waals surface area contributed by atoms with E-state index in [4.69, 9.17) is 0 Å². The second kappa shape index (κ2) is 4.91. The molecule has 2 aromatic carbocycles. The normalized spacial score (nSPS) is 12.0. The van der Waals surface area contributed by atoms with Crippen LogP contribution in [0.2, 0.25) is 0 Å². The summed E-state index contributed by atoms with van der Waals surface area (Å²) in [5.74, 6) is -0.310. The zero-order chi connectivity index (χ0) is 15.0. The van der Waals surface area contributed by atoms with E-state index >= 15 is 0 Å². The smallest absolute Gasteiger partial charge is 0.343 e. The van der Waals surface area contributed by atoms with Gasteiger partial charge in [0.2, 0.25) is 0 Å². The molecule has 108 valence electrons. The molecule has 0 spiro atoms. The Bertz CT molecular complexity index is 769. The van der Waals surface area contributed by atoms with Crippen molar-refractivity contribution in [1.82, 2.24) is 4.57 Å². The Morgan fingerprint density at radius 2 is 1.62 bits per heavy atom. The van der Waals surface area contributed by atoms with Crippen LogP contribution in [-0.4, -0.2) is 4.57 Å². The zero-order valence-electron chi connectivity index (χ0n) is 10.9. The van der Waals surface area contributed by atoms with Crippen molar-refractivity contribution in [2.45, 2.75) is 12.7 Å². The average Bonchev–Trinajstić information content (AvgIpc) is 2.80. The highest BCUT2D eigenvalue weighted by Gasteiger charge is 2.29. The summed E-state index contributed by atoms with van der Waals surface area (Å²) in [5, 5.41) is 0.766. The van der Waals surface area contributed by atoms with E-state index in [-0.39, 0.29) is 5.82 Å². The summed E-state index contributed by atoms with van der Waals surface area (Å²) in [6, 6.07) is 11.3. The molecule has 3 rings (SSSR count). The van der Waals surface area contributed by atoms with Crippen LogP contribution in [0, 0.1) is 5.82 Å². The highest BCUT2D eigenvalue weighted by molar-refractivity contribution is 5.80. The molecule has 0 bridgehead atoms. The maximum Gasteiger partial charge on any atom is 0.416 e. The van der Waals surface area contributed by atoms with E-state index in [1.165, 1.54) is 24.3 Å². The van der Waals surface area contributed by atoms with E-state index in [0.29, 0.717) is 6.54 Å². The van der Waals surface area contributed by atoms with Gasteiger partial charge in [0.15, 0.2) is 0 Å². The predicted octanol–water partition coefficient (Wildman–Crippen LogP) is 4.85. The van der Waals surface area contributed by atoms with Crippen LogP contribution in [0.4, 0.5) is 17.6 Å². The largest absolute Gasteiger partial charge is 0.416 e. The first-order chi connectivity index (χ1) is 9.93. The van der Waals surface area contributed by atoms with Crippen molar-refractivity contribution < 1.29 is 17.6 Å². The Labute approximate surface area is 118 Å². The standard InChI is InChI=1S/C16H11F4N/c17-14-5-6-15-12(9-14)7-8-21(15)10-11-1-3-13(4-2-11)16(18,19)20/h1-9H,10H2. The first-order valence-electron chi connectivity index (χ1n) is 6.34. The van der Waals surface area contributed by atoms with Gasteiger partial charge in [-0.15, -0.1) is 0 Å². The van der Waals surface area contributed by atoms with Crippen LogP contribution in [0.5, 0.6) is 0 Å². The summed E-state index contributed by atoms with van der Waals surface area (Å²) in [4.78, 5) is 0. The van der Waals surface area contributed by atoms with Gasteiger partial charge in [-0.2, -0.15) is 13.2 Å². The monoisotopic (exact) mass is 293 g/mol. The number of fused-ring (bicyclic) bond motifs is 1. The van der Waals surface area contributed by atoms with E-state index < -0.39 is 11.7 Å². The number of nitrogens with zero attached hydrogens (tertiary/aromatic N) is 1. The predicted molar refractivity (Wildman–Crippen MR) is 72.4 cm³/mol. The van der Waals surface area contributed by atoms with Crippen molar-refractivity contribution in [3.8, 4) is 0 Å². The lowest BCUT2D eigenvalue weighted by atomic mass is 10.1. The van der Waals surface area contributed by atoms with Gasteiger partial charge in [0, 0.05) is 23.6 Å². The van der Waals surface area contributed by atoms with Crippen LogP contribution in [0.1, 0.15) is 11.1 Å². The van der Waals surface area contributed by atoms with Crippen LogP contribution in [0.15, 0.2) is 54.7 Å². The number of rotatable bonds is 2. The molecule has 0 saturated heterocycles. The molecule has 0 unspecified atom stereocenters. The van der Waals surface area contributed by atoms with Gasteiger partial charge in [-0.05, 0) is 42.0 Å². The lowest BCUT2D eigenvalue weighted by Gasteiger charge is -2.09. The van der Waals surface area contributed by atoms with E-state index in [1.807, 2.05) is 4.57 Å². The highest BCUT2D eigenvalue weighted by Crippen LogP contribution is 2.29. The quantitative estimate of drug-likeness (QED) is 0.595. The van der Waals surface area contributed by atoms with Gasteiger partial charge in [-0.1, -0.05) is 12.1 Å². The van der Waals surface area contributed by atoms with Gasteiger partial charge in [0.25, 0.3) is 0 Å². The molecule has 5 heteroatoms. The topological polar surface area (TPSA) is 4.93 Å². The van der Waals surface area contributed by atoms with Crippen LogP contribution in [0.3, 0.4) is 0 Å². The number of hydrogen-bond acceptors (Lipinski definition) is 0. The molecule has 3 aromatic rings. The number of alkyl halides is 3. The minimum atomic E-state index is -4.32. The summed E-state index contributed by atoms with van der Waals surface area (Å²) in [6.45, 7) is 0.438. The number of hydrogen-bond donors (Lipinski definition) is 0. The third-order valence-electron chi connectivity index (χ3n) is 3.37. The van der Waals surface area contributed by atoms with Gasteiger partial charge in [0.05, 0.1) is 5.56 Å². The maximum atomic E-state index is 13.1. The Kier molecular flexibility index (Phi) is 3.20. The van der Waals surface area contributed by atoms with Gasteiger partial charge in [-0.25, -0.2) is 4.39 Å². The van der Waals surface area contributed by atoms with Crippen LogP contribution >= 0.6 is 0 Å². The summed E-state index contributed by atoms with van der Waals surface area (Å²) in [5.41, 5.74) is 0.937. The molecule has 0 saturated carbocycles. The molecule has 0 N–H and O–H groups in total. The van der Waals surface area contributed by atoms with Crippen molar-refractivity contribution >= 4 is 10.9 Å². The van der Waals surface area contributed by atoms with Crippen molar-refractivity contribution in [3.63, 3.8) is 0 Å². The lowest BCUT2D eigenvalue weighted by molar-refractivity contribution is -0.137. The summed E-state index contributed by atoms with van der Waals surface area (Å²) < 4.78 is 52.5. The molecule has 0 aliphatic carbocycles. The summed E-state index contributed by atoms with van der Waals surface area (Å²) in [6.07, 6.45) is -2.53. The van der Waals surface area contributed by atoms with E-state index in [9.17, 15) is 17.6 Å². The molecule has 0 fully saturated rings. The molecule has 1 heterocycles. The average molecular weight is 293 g/mol. The van der Waals surface area contributed by atoms with Crippen molar-refractivity contribution in [1.29, 1.82) is 0 Å². The Hall–Kier alpha value is -2.30. The minimum absolute atomic E-state index is 0.310. The van der Waals surface area contributed by atoms with E-state index in [1.54, 1.807) is 18.3 Å². The third kappa shape index (κ3) is 2.77. The Morgan fingerprint density at radius 3 is 2.29 bits per heavy atom. The zero-order valence-corrected chi connectivity index (χ0v) is 10.9. The summed E-state index contributed by atoms with van der Waals surface area (Å²) in [7, 11) is 0. The van der Waals surface area contributed by atoms with Gasteiger partial charge in [-0.3, -0.25) is 0 Å². The SMILES string of the molecule is Fc1ccc2c(ccn2Cc2ccc(C(F)(F)F)cc2)c1. The third-order valence-corrected chi connectivity index (χ3v) is 3.37. The maximum absolute atomic E-state index is 13.1. The van der Waals surface area contributed by atoms with Crippen LogP contribution in [-0.2, 0) is 12.7 Å². The minimum Gasteiger partial charge on any atom is -0.343 e. The fourth-order valence-corrected chi connectivity index (χ4v) is 2.30. The number of aromatic nitrogens is 1. The second-order valence-electron chi connectivity index (χ2n) is 4.84. The second-order valence-corrected chi connectivity index (χ2v) is 4.84. The van der Waals surface area contributed by atoms with Gasteiger partial charge < -0.3 is 4.57 Å². The van der Waals surface area contributed by atoms with E-state index in [2.05, 4.69) is 0 Å². The Morgan fingerprint density at radius 1 is 0.905 bits per heavy atom.